The number of anilines is 2. The zero-order valence-corrected chi connectivity index (χ0v) is 33.8. The number of aromatic nitrogens is 4. The number of benzene rings is 3. The number of ketones is 1. The molecule has 3 aromatic carbocycles. The Kier molecular flexibility index (Phi) is 10.0. The van der Waals surface area contributed by atoms with E-state index in [1.807, 2.05) is 17.3 Å². The van der Waals surface area contributed by atoms with Crippen LogP contribution in [0, 0.1) is 22.9 Å². The molecule has 5 aromatic rings. The Hall–Kier alpha value is -5.26. The molecule has 3 amide bonds. The second-order valence-corrected chi connectivity index (χ2v) is 17.5. The third kappa shape index (κ3) is 6.95. The van der Waals surface area contributed by atoms with Crippen molar-refractivity contribution in [1.29, 1.82) is 0 Å². The van der Waals surface area contributed by atoms with Gasteiger partial charge >= 0.3 is 6.03 Å². The molecular weight excluding hydrogens is 784 g/mol. The van der Waals surface area contributed by atoms with Gasteiger partial charge < -0.3 is 4.72 Å². The number of urea groups is 1. The largest absolute Gasteiger partial charge is 0.329 e. The van der Waals surface area contributed by atoms with E-state index in [4.69, 9.17) is 0 Å². The van der Waals surface area contributed by atoms with Crippen LogP contribution in [0.5, 0.6) is 0 Å². The van der Waals surface area contributed by atoms with E-state index in [1.54, 1.807) is 29.7 Å². The fraction of sp³-hybridized carbons (Fsp3) is 0.429. The van der Waals surface area contributed by atoms with Gasteiger partial charge in [0.15, 0.2) is 17.4 Å². The summed E-state index contributed by atoms with van der Waals surface area (Å²) in [5.41, 5.74) is 0.881. The molecular formula is C42H44F3N9O4S. The van der Waals surface area contributed by atoms with E-state index in [0.29, 0.717) is 34.9 Å². The molecule has 4 fully saturated rings. The summed E-state index contributed by atoms with van der Waals surface area (Å²) in [5, 5.41) is 7.57. The van der Waals surface area contributed by atoms with Crippen molar-refractivity contribution in [3.8, 4) is 0 Å². The van der Waals surface area contributed by atoms with Crippen LogP contribution in [0.4, 0.5) is 29.5 Å². The number of carbonyl (C=O) groups is 3. The molecule has 2 saturated carbocycles. The lowest BCUT2D eigenvalue weighted by atomic mass is 9.59. The van der Waals surface area contributed by atoms with Crippen LogP contribution in [0.1, 0.15) is 85.3 Å². The van der Waals surface area contributed by atoms with Gasteiger partial charge in [-0.15, -0.1) is 0 Å². The first kappa shape index (κ1) is 39.2. The Morgan fingerprint density at radius 3 is 2.47 bits per heavy atom. The van der Waals surface area contributed by atoms with Crippen molar-refractivity contribution in [3.63, 3.8) is 0 Å². The van der Waals surface area contributed by atoms with Crippen LogP contribution in [-0.4, -0.2) is 85.5 Å². The maximum Gasteiger partial charge on any atom is 0.329 e. The van der Waals surface area contributed by atoms with E-state index in [9.17, 15) is 23.6 Å². The third-order valence-corrected chi connectivity index (χ3v) is 13.7. The lowest BCUT2D eigenvalue weighted by Crippen LogP contribution is -2.65. The minimum Gasteiger partial charge on any atom is -0.314 e. The number of amides is 3. The molecule has 59 heavy (non-hydrogen) atoms. The number of imide groups is 1. The Balaban J connectivity index is 0.825. The second-order valence-electron chi connectivity index (χ2n) is 16.5. The summed E-state index contributed by atoms with van der Waals surface area (Å²) in [6.45, 7) is 4.64. The molecule has 0 unspecified atom stereocenters. The summed E-state index contributed by atoms with van der Waals surface area (Å²) < 4.78 is 54.0. The first-order chi connectivity index (χ1) is 28.3. The van der Waals surface area contributed by atoms with Crippen LogP contribution in [0.2, 0.25) is 0 Å². The molecule has 2 saturated heterocycles. The van der Waals surface area contributed by atoms with Gasteiger partial charge in [0.1, 0.15) is 11.6 Å². The molecule has 4 heterocycles. The van der Waals surface area contributed by atoms with E-state index in [0.717, 1.165) is 75.3 Å². The van der Waals surface area contributed by atoms with Crippen molar-refractivity contribution in [2.75, 3.05) is 42.8 Å². The number of carbonyl (C=O) groups excluding carboxylic acids is 3. The molecule has 2 N–H and O–H groups in total. The van der Waals surface area contributed by atoms with Gasteiger partial charge in [-0.2, -0.15) is 5.10 Å². The van der Waals surface area contributed by atoms with Crippen molar-refractivity contribution < 1.29 is 27.6 Å². The monoisotopic (exact) mass is 827 g/mol. The predicted molar refractivity (Wildman–Crippen MR) is 219 cm³/mol. The predicted octanol–water partition coefficient (Wildman–Crippen LogP) is 6.67. The van der Waals surface area contributed by atoms with Crippen molar-refractivity contribution >= 4 is 63.2 Å². The average molecular weight is 828 g/mol. The Morgan fingerprint density at radius 2 is 1.75 bits per heavy atom. The number of nitrogens with one attached hydrogen (secondary N) is 2. The standard InChI is InChI=1S/C42H44F3N9O4S/c1-4-50(2)59-49-33-12-10-30(43)36(37(33)45)38(56)24-7-11-32-28(15-24)40(57)54(22-46-32)26-18-42(19-26)20-52(21-42)25-8-5-23(6-9-25)27-17-34-29(16-31(27)44)39(48-51(34)3)53-14-13-35(55)47-41(53)58/h7,10-12,15-17,22-23,25-26,49H,4-6,8-9,13-14,18-21H2,1-3H3,(H,47,55,58). The smallest absolute Gasteiger partial charge is 0.314 e. The molecule has 0 atom stereocenters. The second kappa shape index (κ2) is 15.1. The van der Waals surface area contributed by atoms with Crippen LogP contribution in [0.15, 0.2) is 53.6 Å². The third-order valence-electron chi connectivity index (χ3n) is 12.8. The van der Waals surface area contributed by atoms with Crippen molar-refractivity contribution in [2.24, 2.45) is 12.5 Å². The summed E-state index contributed by atoms with van der Waals surface area (Å²) >= 11 is 1.12. The number of fused-ring (bicyclic) bond motifs is 2. The van der Waals surface area contributed by atoms with Gasteiger partial charge in [-0.1, -0.05) is 6.92 Å². The lowest BCUT2D eigenvalue weighted by Gasteiger charge is -2.61. The maximum absolute atomic E-state index is 15.7. The zero-order chi connectivity index (χ0) is 41.3. The molecule has 2 aromatic heterocycles. The summed E-state index contributed by atoms with van der Waals surface area (Å²) in [7, 11) is 3.58. The minimum absolute atomic E-state index is 0.00533. The molecule has 0 radical (unpaired) electrons. The highest BCUT2D eigenvalue weighted by Gasteiger charge is 2.54. The first-order valence-corrected chi connectivity index (χ1v) is 20.8. The van der Waals surface area contributed by atoms with Crippen LogP contribution in [0.3, 0.4) is 0 Å². The topological polar surface area (TPSA) is 138 Å². The maximum atomic E-state index is 15.7. The van der Waals surface area contributed by atoms with Gasteiger partial charge in [-0.25, -0.2) is 27.3 Å². The molecule has 1 spiro atoms. The van der Waals surface area contributed by atoms with Crippen molar-refractivity contribution in [3.05, 3.63) is 93.3 Å². The summed E-state index contributed by atoms with van der Waals surface area (Å²) in [4.78, 5) is 59.9. The SMILES string of the molecule is CCN(C)SNc1ccc(F)c(C(=O)c2ccc3ncn(C4CC5(C4)CN(C4CCC(c6cc7c(cc6F)c(N6CCC(=O)NC6=O)nn7C)CC4)C5)c(=O)c3c2)c1F. The van der Waals surface area contributed by atoms with E-state index >= 15 is 8.78 Å². The molecule has 2 aliphatic heterocycles. The minimum atomic E-state index is -1.00. The van der Waals surface area contributed by atoms with Gasteiger partial charge in [0.05, 0.1) is 34.0 Å². The summed E-state index contributed by atoms with van der Waals surface area (Å²) in [5.74, 6) is -3.11. The van der Waals surface area contributed by atoms with Gasteiger partial charge in [-0.05, 0) is 105 Å². The Bertz CT molecular complexity index is 2590. The van der Waals surface area contributed by atoms with Gasteiger partial charge in [0, 0.05) is 74.8 Å². The highest BCUT2D eigenvalue weighted by molar-refractivity contribution is 7.98. The number of hydrogen-bond donors (Lipinski definition) is 2. The number of halogens is 3. The van der Waals surface area contributed by atoms with Crippen molar-refractivity contribution in [1.82, 2.24) is 33.9 Å². The van der Waals surface area contributed by atoms with E-state index in [2.05, 4.69) is 25.0 Å². The molecule has 9 rings (SSSR count). The van der Waals surface area contributed by atoms with Gasteiger partial charge in [-0.3, -0.25) is 38.7 Å². The average Bonchev–Trinajstić information content (AvgIpc) is 3.50. The molecule has 13 nitrogen and oxygen atoms in total. The van der Waals surface area contributed by atoms with Crippen LogP contribution < -0.4 is 20.5 Å². The van der Waals surface area contributed by atoms with Crippen LogP contribution >= 0.6 is 12.1 Å². The zero-order valence-electron chi connectivity index (χ0n) is 32.9. The van der Waals surface area contributed by atoms with Crippen molar-refractivity contribution in [2.45, 2.75) is 69.9 Å². The summed E-state index contributed by atoms with van der Waals surface area (Å²) in [6.07, 6.45) is 6.93. The molecule has 0 bridgehead atoms. The lowest BCUT2D eigenvalue weighted by molar-refractivity contribution is -0.120. The number of likely N-dealkylation sites (tertiary alicyclic amines) is 1. The van der Waals surface area contributed by atoms with Crippen LogP contribution in [0.25, 0.3) is 21.8 Å². The normalized spacial score (nSPS) is 21.0. The highest BCUT2D eigenvalue weighted by atomic mass is 32.2. The quantitative estimate of drug-likeness (QED) is 0.116. The van der Waals surface area contributed by atoms with Gasteiger partial charge in [0.25, 0.3) is 5.56 Å². The number of rotatable bonds is 10. The molecule has 17 heteroatoms. The van der Waals surface area contributed by atoms with E-state index in [-0.39, 0.29) is 64.3 Å². The van der Waals surface area contributed by atoms with Crippen LogP contribution in [-0.2, 0) is 11.8 Å². The van der Waals surface area contributed by atoms with E-state index in [1.165, 1.54) is 35.2 Å². The fourth-order valence-corrected chi connectivity index (χ4v) is 10.0. The van der Waals surface area contributed by atoms with Gasteiger partial charge in [0.2, 0.25) is 5.91 Å². The Labute approximate surface area is 342 Å². The first-order valence-electron chi connectivity index (χ1n) is 20.0. The number of nitrogens with zero attached hydrogens (tertiary/aromatic N) is 7. The number of hydrogen-bond acceptors (Lipinski definition) is 10. The number of aryl methyl sites for hydroxylation is 1. The fourth-order valence-electron chi connectivity index (χ4n) is 9.49. The summed E-state index contributed by atoms with van der Waals surface area (Å²) in [6, 6.07) is 9.76. The molecule has 4 aliphatic rings. The molecule has 308 valence electrons. The molecule has 2 aliphatic carbocycles. The Morgan fingerprint density at radius 1 is 0.983 bits per heavy atom. The van der Waals surface area contributed by atoms with E-state index < -0.39 is 29.0 Å². The highest BCUT2D eigenvalue weighted by Crippen LogP contribution is 2.55.